The maximum absolute atomic E-state index is 12.0. The van der Waals surface area contributed by atoms with Crippen molar-refractivity contribution in [3.8, 4) is 5.75 Å². The van der Waals surface area contributed by atoms with Crippen LogP contribution in [0.25, 0.3) is 0 Å². The molecule has 1 aromatic heterocycles. The number of carbonyl (C=O) groups is 1. The first-order valence-electron chi connectivity index (χ1n) is 8.21. The number of phenols is 1. The molecular weight excluding hydrogens is 491 g/mol. The summed E-state index contributed by atoms with van der Waals surface area (Å²) in [7, 11) is 0. The largest absolute Gasteiger partial charge is 0.502 e. The van der Waals surface area contributed by atoms with Crippen LogP contribution in [0.3, 0.4) is 0 Å². The molecule has 0 bridgehead atoms. The Hall–Kier alpha value is -3.48. The zero-order chi connectivity index (χ0) is 21.0. The highest BCUT2D eigenvalue weighted by molar-refractivity contribution is 14.1. The first-order chi connectivity index (χ1) is 13.9. The number of nitro benzene ring substituents is 1. The number of para-hydroxylation sites is 1. The molecule has 0 atom stereocenters. The summed E-state index contributed by atoms with van der Waals surface area (Å²) >= 11 is 2.23. The number of aliphatic imine (C=N–C) groups is 1. The number of nitrogens with two attached hydrogens (primary N) is 1. The van der Waals surface area contributed by atoms with Crippen LogP contribution in [0.5, 0.6) is 5.75 Å². The Morgan fingerprint density at radius 1 is 1.38 bits per heavy atom. The van der Waals surface area contributed by atoms with E-state index in [2.05, 4.69) is 43.1 Å². The van der Waals surface area contributed by atoms with E-state index in [1.807, 2.05) is 24.3 Å². The summed E-state index contributed by atoms with van der Waals surface area (Å²) in [6, 6.07) is 11.3. The maximum atomic E-state index is 12.0. The van der Waals surface area contributed by atoms with Crippen LogP contribution in [0.1, 0.15) is 21.5 Å². The zero-order valence-corrected chi connectivity index (χ0v) is 17.0. The second kappa shape index (κ2) is 8.68. The maximum Gasteiger partial charge on any atom is 0.310 e. The molecule has 29 heavy (non-hydrogen) atoms. The number of aromatic hydroxyl groups is 1. The molecule has 0 saturated heterocycles. The van der Waals surface area contributed by atoms with Crippen molar-refractivity contribution in [2.45, 2.75) is 4.43 Å². The van der Waals surface area contributed by atoms with E-state index in [1.54, 1.807) is 0 Å². The van der Waals surface area contributed by atoms with Crippen molar-refractivity contribution in [1.29, 1.82) is 0 Å². The summed E-state index contributed by atoms with van der Waals surface area (Å²) in [5.74, 6) is -0.873. The lowest BCUT2D eigenvalue weighted by atomic mass is 10.2. The fourth-order valence-electron chi connectivity index (χ4n) is 2.55. The lowest BCUT2D eigenvalue weighted by molar-refractivity contribution is -0.385. The quantitative estimate of drug-likeness (QED) is 0.126. The van der Waals surface area contributed by atoms with E-state index in [0.29, 0.717) is 5.56 Å². The third-order valence-electron chi connectivity index (χ3n) is 3.95. The van der Waals surface area contributed by atoms with Gasteiger partial charge in [-0.15, -0.1) is 0 Å². The average molecular weight is 506 g/mol. The van der Waals surface area contributed by atoms with Gasteiger partial charge in [-0.1, -0.05) is 40.8 Å². The lowest BCUT2D eigenvalue weighted by Gasteiger charge is -2.08. The number of H-pyrrole nitrogens is 1. The molecule has 3 rings (SSSR count). The lowest BCUT2D eigenvalue weighted by Crippen LogP contribution is -2.12. The van der Waals surface area contributed by atoms with Crippen molar-refractivity contribution in [3.05, 3.63) is 69.3 Å². The number of carbonyl (C=O) groups excluding carboxylic acids is 1. The third-order valence-corrected chi connectivity index (χ3v) is 4.77. The second-order valence-corrected chi connectivity index (χ2v) is 6.60. The summed E-state index contributed by atoms with van der Waals surface area (Å²) in [6.45, 7) is 0. The number of hydrogen-bond acceptors (Lipinski definition) is 7. The predicted octanol–water partition coefficient (Wildman–Crippen LogP) is 3.55. The van der Waals surface area contributed by atoms with Crippen molar-refractivity contribution in [3.63, 3.8) is 0 Å². The van der Waals surface area contributed by atoms with Gasteiger partial charge in [0.2, 0.25) is 0 Å². The summed E-state index contributed by atoms with van der Waals surface area (Å²) in [5, 5.41) is 30.3. The first kappa shape index (κ1) is 20.3. The molecule has 3 aromatic rings. The van der Waals surface area contributed by atoms with Crippen molar-refractivity contribution in [2.24, 2.45) is 10.7 Å². The minimum atomic E-state index is -0.730. The Balaban J connectivity index is 1.91. The fraction of sp³-hybridized carbons (Fsp3) is 0.0556. The third kappa shape index (κ3) is 4.51. The molecule has 148 valence electrons. The zero-order valence-electron chi connectivity index (χ0n) is 14.8. The van der Waals surface area contributed by atoms with Gasteiger partial charge in [0.1, 0.15) is 5.56 Å². The van der Waals surface area contributed by atoms with Crippen molar-refractivity contribution in [1.82, 2.24) is 10.2 Å². The minimum absolute atomic E-state index is 0.0654. The first-order valence-corrected chi connectivity index (χ1v) is 9.73. The number of nitro groups is 1. The van der Waals surface area contributed by atoms with Gasteiger partial charge in [-0.05, 0) is 29.3 Å². The Kier molecular flexibility index (Phi) is 6.07. The van der Waals surface area contributed by atoms with Crippen LogP contribution in [0.4, 0.5) is 23.0 Å². The molecule has 0 aliphatic rings. The number of amides is 1. The van der Waals surface area contributed by atoms with E-state index >= 15 is 0 Å². The molecule has 1 amide bonds. The van der Waals surface area contributed by atoms with Gasteiger partial charge < -0.3 is 16.2 Å². The summed E-state index contributed by atoms with van der Waals surface area (Å²) in [4.78, 5) is 26.2. The normalized spacial score (nSPS) is 10.9. The molecular formula is C18H15IN6O4. The van der Waals surface area contributed by atoms with Crippen LogP contribution in [0.15, 0.2) is 47.5 Å². The van der Waals surface area contributed by atoms with E-state index in [4.69, 9.17) is 5.73 Å². The molecule has 0 saturated carbocycles. The number of phenolic OH excluding ortho intramolecular Hbond substituents is 1. The number of primary amides is 1. The second-order valence-electron chi connectivity index (χ2n) is 5.84. The number of alkyl halides is 1. The number of aromatic amines is 1. The summed E-state index contributed by atoms with van der Waals surface area (Å²) in [5.41, 5.74) is 7.35. The van der Waals surface area contributed by atoms with Gasteiger partial charge in [0.05, 0.1) is 4.92 Å². The van der Waals surface area contributed by atoms with Crippen LogP contribution in [-0.2, 0) is 4.43 Å². The molecule has 0 radical (unpaired) electrons. The predicted molar refractivity (Wildman–Crippen MR) is 117 cm³/mol. The van der Waals surface area contributed by atoms with E-state index < -0.39 is 22.3 Å². The van der Waals surface area contributed by atoms with Crippen molar-refractivity contribution < 1.29 is 14.8 Å². The number of rotatable bonds is 7. The van der Waals surface area contributed by atoms with Gasteiger partial charge in [0, 0.05) is 22.4 Å². The number of aromatic nitrogens is 2. The smallest absolute Gasteiger partial charge is 0.310 e. The monoisotopic (exact) mass is 506 g/mol. The van der Waals surface area contributed by atoms with Crippen LogP contribution in [0, 0.1) is 10.1 Å². The molecule has 1 heterocycles. The van der Waals surface area contributed by atoms with Gasteiger partial charge in [0.25, 0.3) is 5.91 Å². The highest BCUT2D eigenvalue weighted by Gasteiger charge is 2.19. The molecule has 10 nitrogen and oxygen atoms in total. The van der Waals surface area contributed by atoms with E-state index in [1.165, 1.54) is 18.3 Å². The molecule has 0 fully saturated rings. The van der Waals surface area contributed by atoms with Gasteiger partial charge in [-0.3, -0.25) is 20.0 Å². The minimum Gasteiger partial charge on any atom is -0.502 e. The van der Waals surface area contributed by atoms with E-state index in [0.717, 1.165) is 21.7 Å². The van der Waals surface area contributed by atoms with Gasteiger partial charge in [-0.25, -0.2) is 4.99 Å². The van der Waals surface area contributed by atoms with Crippen LogP contribution < -0.4 is 11.1 Å². The standard InChI is InChI=1S/C18H15IN6O4/c19-8-11-3-1-2-4-12(11)22-18-15(16(20)27)17(23-24-18)21-9-10-5-6-13(25(28)29)14(26)7-10/h1-7,9,26H,8H2,(H2,20,27)(H2,22,23,24)/b21-9+. The topological polar surface area (TPSA) is 160 Å². The Bertz CT molecular complexity index is 1110. The van der Waals surface area contributed by atoms with Gasteiger partial charge in [-0.2, -0.15) is 5.10 Å². The number of halogens is 1. The Morgan fingerprint density at radius 2 is 2.14 bits per heavy atom. The number of anilines is 2. The number of nitrogens with zero attached hydrogens (tertiary/aromatic N) is 3. The van der Waals surface area contributed by atoms with E-state index in [-0.39, 0.29) is 17.2 Å². The number of nitrogens with one attached hydrogen (secondary N) is 2. The number of hydrogen-bond donors (Lipinski definition) is 4. The van der Waals surface area contributed by atoms with Crippen LogP contribution in [-0.4, -0.2) is 32.3 Å². The number of benzene rings is 2. The van der Waals surface area contributed by atoms with Crippen LogP contribution >= 0.6 is 22.6 Å². The fourth-order valence-corrected chi connectivity index (χ4v) is 3.22. The molecule has 0 aliphatic heterocycles. The average Bonchev–Trinajstić information content (AvgIpc) is 3.09. The molecule has 0 aliphatic carbocycles. The van der Waals surface area contributed by atoms with Gasteiger partial charge in [0.15, 0.2) is 17.4 Å². The molecule has 11 heteroatoms. The van der Waals surface area contributed by atoms with Crippen molar-refractivity contribution in [2.75, 3.05) is 5.32 Å². The van der Waals surface area contributed by atoms with Gasteiger partial charge >= 0.3 is 5.69 Å². The molecule has 0 unspecified atom stereocenters. The summed E-state index contributed by atoms with van der Waals surface area (Å²) < 4.78 is 0.756. The highest BCUT2D eigenvalue weighted by atomic mass is 127. The van der Waals surface area contributed by atoms with Crippen molar-refractivity contribution >= 4 is 57.7 Å². The van der Waals surface area contributed by atoms with Crippen LogP contribution in [0.2, 0.25) is 0 Å². The SMILES string of the molecule is NC(=O)c1c(Nc2ccccc2CI)n[nH]c1/N=C/c1ccc([N+](=O)[O-])c(O)c1. The highest BCUT2D eigenvalue weighted by Crippen LogP contribution is 2.29. The molecule has 2 aromatic carbocycles. The Labute approximate surface area is 178 Å². The van der Waals surface area contributed by atoms with E-state index in [9.17, 15) is 20.0 Å². The molecule has 0 spiro atoms. The molecule has 5 N–H and O–H groups in total. The summed E-state index contributed by atoms with van der Waals surface area (Å²) in [6.07, 6.45) is 1.33. The Morgan fingerprint density at radius 3 is 2.79 bits per heavy atom.